The summed E-state index contributed by atoms with van der Waals surface area (Å²) in [4.78, 5) is 29.0. The molecule has 2 bridgehead atoms. The second-order valence-corrected chi connectivity index (χ2v) is 8.55. The summed E-state index contributed by atoms with van der Waals surface area (Å²) in [6, 6.07) is 9.73. The maximum atomic E-state index is 12.9. The van der Waals surface area contributed by atoms with Crippen molar-refractivity contribution < 1.29 is 0 Å². The topological polar surface area (TPSA) is 63.9 Å². The molecule has 0 spiro atoms. The number of hydrogen-bond acceptors (Lipinski definition) is 5. The van der Waals surface area contributed by atoms with E-state index in [2.05, 4.69) is 27.9 Å². The van der Waals surface area contributed by atoms with Crippen LogP contribution in [0.5, 0.6) is 0 Å². The third kappa shape index (κ3) is 3.40. The molecule has 0 aliphatic carbocycles. The molecule has 30 heavy (non-hydrogen) atoms. The summed E-state index contributed by atoms with van der Waals surface area (Å²) in [5.74, 6) is 2.67. The molecule has 0 radical (unpaired) electrons. The van der Waals surface area contributed by atoms with Crippen molar-refractivity contribution in [2.75, 3.05) is 18.0 Å². The van der Waals surface area contributed by atoms with E-state index in [1.54, 1.807) is 12.3 Å². The Labute approximate surface area is 176 Å². The van der Waals surface area contributed by atoms with Crippen LogP contribution in [-0.2, 0) is 13.0 Å². The Kier molecular flexibility index (Phi) is 4.85. The first-order valence-electron chi connectivity index (χ1n) is 10.9. The van der Waals surface area contributed by atoms with Gasteiger partial charge in [-0.3, -0.25) is 9.78 Å². The lowest BCUT2D eigenvalue weighted by molar-refractivity contribution is 0.280. The summed E-state index contributed by atoms with van der Waals surface area (Å²) in [6.45, 7) is 6.75. The molecule has 2 aliphatic heterocycles. The van der Waals surface area contributed by atoms with E-state index in [-0.39, 0.29) is 5.56 Å². The zero-order chi connectivity index (χ0) is 20.7. The minimum absolute atomic E-state index is 0.0841. The minimum Gasteiger partial charge on any atom is -0.355 e. The lowest BCUT2D eigenvalue weighted by Crippen LogP contribution is -2.47. The Balaban J connectivity index is 1.53. The summed E-state index contributed by atoms with van der Waals surface area (Å²) >= 11 is 0. The molecule has 5 rings (SSSR count). The van der Waals surface area contributed by atoms with Gasteiger partial charge in [-0.1, -0.05) is 19.4 Å². The number of aryl methyl sites for hydroxylation is 2. The van der Waals surface area contributed by atoms with Gasteiger partial charge in [0, 0.05) is 60.8 Å². The van der Waals surface area contributed by atoms with Gasteiger partial charge in [0.05, 0.1) is 5.69 Å². The normalized spacial score (nSPS) is 20.1. The monoisotopic (exact) mass is 401 g/mol. The number of fused-ring (bicyclic) bond motifs is 4. The molecule has 3 aromatic heterocycles. The SMILES string of the molecule is CCCc1cnc(C)nc1N1C[C@@H]2C[C@H](C1)c1cc(-c3ccccn3)cc(=O)n1C2. The van der Waals surface area contributed by atoms with Crippen LogP contribution in [0.3, 0.4) is 0 Å². The second-order valence-electron chi connectivity index (χ2n) is 8.55. The van der Waals surface area contributed by atoms with Gasteiger partial charge in [0.2, 0.25) is 0 Å². The third-order valence-electron chi connectivity index (χ3n) is 6.30. The second kappa shape index (κ2) is 7.67. The molecule has 5 heterocycles. The molecule has 0 aromatic carbocycles. The summed E-state index contributed by atoms with van der Waals surface area (Å²) in [6.07, 6.45) is 6.95. The van der Waals surface area contributed by atoms with E-state index in [4.69, 9.17) is 4.98 Å². The molecular weight excluding hydrogens is 374 g/mol. The number of nitrogens with zero attached hydrogens (tertiary/aromatic N) is 5. The number of hydrogen-bond donors (Lipinski definition) is 0. The molecule has 1 fully saturated rings. The molecule has 2 aliphatic rings. The molecule has 3 aromatic rings. The standard InChI is InChI=1S/C24H27N5O/c1-3-6-18-12-26-16(2)27-24(18)28-13-17-9-20(15-28)22-10-19(11-23(30)29(22)14-17)21-7-4-5-8-25-21/h4-5,7-8,10-12,17,20H,3,6,9,13-15H2,1-2H3/t17-,20+/m0/s1. The predicted molar refractivity (Wildman–Crippen MR) is 118 cm³/mol. The maximum absolute atomic E-state index is 12.9. The fourth-order valence-electron chi connectivity index (χ4n) is 5.02. The Hall–Kier alpha value is -3.02. The zero-order valence-electron chi connectivity index (χ0n) is 17.6. The van der Waals surface area contributed by atoms with Gasteiger partial charge in [-0.05, 0) is 43.9 Å². The molecule has 6 nitrogen and oxygen atoms in total. The highest BCUT2D eigenvalue weighted by molar-refractivity contribution is 5.59. The van der Waals surface area contributed by atoms with E-state index in [1.807, 2.05) is 35.9 Å². The van der Waals surface area contributed by atoms with Crippen LogP contribution < -0.4 is 10.5 Å². The molecular formula is C24H27N5O. The first kappa shape index (κ1) is 19.0. The highest BCUT2D eigenvalue weighted by atomic mass is 16.1. The first-order chi connectivity index (χ1) is 14.6. The molecule has 6 heteroatoms. The molecule has 154 valence electrons. The van der Waals surface area contributed by atoms with Gasteiger partial charge in [-0.15, -0.1) is 0 Å². The molecule has 1 saturated heterocycles. The van der Waals surface area contributed by atoms with Gasteiger partial charge in [-0.2, -0.15) is 0 Å². The Morgan fingerprint density at radius 3 is 2.83 bits per heavy atom. The van der Waals surface area contributed by atoms with Crippen molar-refractivity contribution in [1.29, 1.82) is 0 Å². The van der Waals surface area contributed by atoms with Gasteiger partial charge < -0.3 is 9.47 Å². The van der Waals surface area contributed by atoms with Crippen LogP contribution in [0.25, 0.3) is 11.3 Å². The van der Waals surface area contributed by atoms with Crippen LogP contribution in [0.2, 0.25) is 0 Å². The quantitative estimate of drug-likeness (QED) is 0.669. The van der Waals surface area contributed by atoms with Gasteiger partial charge in [-0.25, -0.2) is 9.97 Å². The van der Waals surface area contributed by atoms with Crippen LogP contribution in [0.1, 0.15) is 42.8 Å². The molecule has 2 atom stereocenters. The van der Waals surface area contributed by atoms with Crippen molar-refractivity contribution in [3.8, 4) is 11.3 Å². The largest absolute Gasteiger partial charge is 0.355 e. The van der Waals surface area contributed by atoms with E-state index >= 15 is 0 Å². The van der Waals surface area contributed by atoms with E-state index in [1.165, 1.54) is 5.56 Å². The summed E-state index contributed by atoms with van der Waals surface area (Å²) in [5, 5.41) is 0. The highest BCUT2D eigenvalue weighted by Gasteiger charge is 2.36. The van der Waals surface area contributed by atoms with Crippen LogP contribution in [0.4, 0.5) is 5.82 Å². The van der Waals surface area contributed by atoms with Crippen molar-refractivity contribution in [3.63, 3.8) is 0 Å². The smallest absolute Gasteiger partial charge is 0.251 e. The Morgan fingerprint density at radius 2 is 2.03 bits per heavy atom. The van der Waals surface area contributed by atoms with Crippen molar-refractivity contribution in [1.82, 2.24) is 19.5 Å². The fraction of sp³-hybridized carbons (Fsp3) is 0.417. The van der Waals surface area contributed by atoms with Crippen molar-refractivity contribution in [2.24, 2.45) is 5.92 Å². The zero-order valence-corrected chi connectivity index (χ0v) is 17.6. The summed E-state index contributed by atoms with van der Waals surface area (Å²) in [5.41, 5.74) is 4.20. The Morgan fingerprint density at radius 1 is 1.13 bits per heavy atom. The lowest BCUT2D eigenvalue weighted by atomic mass is 9.82. The van der Waals surface area contributed by atoms with Crippen molar-refractivity contribution in [3.05, 3.63) is 70.2 Å². The third-order valence-corrected chi connectivity index (χ3v) is 6.30. The van der Waals surface area contributed by atoms with Gasteiger partial charge in [0.25, 0.3) is 5.56 Å². The fourth-order valence-corrected chi connectivity index (χ4v) is 5.02. The van der Waals surface area contributed by atoms with E-state index in [9.17, 15) is 4.79 Å². The molecule has 0 saturated carbocycles. The van der Waals surface area contributed by atoms with E-state index < -0.39 is 0 Å². The van der Waals surface area contributed by atoms with Crippen molar-refractivity contribution in [2.45, 2.75) is 45.6 Å². The summed E-state index contributed by atoms with van der Waals surface area (Å²) in [7, 11) is 0. The van der Waals surface area contributed by atoms with E-state index in [0.717, 1.165) is 67.5 Å². The maximum Gasteiger partial charge on any atom is 0.251 e. The van der Waals surface area contributed by atoms with Crippen LogP contribution in [0.15, 0.2) is 47.5 Å². The highest BCUT2D eigenvalue weighted by Crippen LogP contribution is 2.38. The van der Waals surface area contributed by atoms with Gasteiger partial charge >= 0.3 is 0 Å². The number of anilines is 1. The summed E-state index contributed by atoms with van der Waals surface area (Å²) < 4.78 is 1.99. The lowest BCUT2D eigenvalue weighted by Gasteiger charge is -2.43. The van der Waals surface area contributed by atoms with Crippen molar-refractivity contribution >= 4 is 5.82 Å². The Bertz CT molecular complexity index is 1120. The molecule has 0 N–H and O–H groups in total. The molecule has 0 unspecified atom stereocenters. The van der Waals surface area contributed by atoms with E-state index in [0.29, 0.717) is 11.8 Å². The first-order valence-corrected chi connectivity index (χ1v) is 10.9. The average molecular weight is 402 g/mol. The molecule has 0 amide bonds. The van der Waals surface area contributed by atoms with Gasteiger partial charge in [0.15, 0.2) is 0 Å². The number of piperidine rings is 1. The number of aromatic nitrogens is 4. The average Bonchev–Trinajstić information content (AvgIpc) is 2.76. The minimum atomic E-state index is 0.0841. The number of rotatable bonds is 4. The van der Waals surface area contributed by atoms with Crippen LogP contribution >= 0.6 is 0 Å². The van der Waals surface area contributed by atoms with Crippen LogP contribution in [0, 0.1) is 12.8 Å². The number of pyridine rings is 2. The predicted octanol–water partition coefficient (Wildman–Crippen LogP) is 3.58. The van der Waals surface area contributed by atoms with Gasteiger partial charge in [0.1, 0.15) is 11.6 Å². The van der Waals surface area contributed by atoms with Crippen LogP contribution in [-0.4, -0.2) is 32.6 Å².